The van der Waals surface area contributed by atoms with Crippen LogP contribution in [0.1, 0.15) is 0 Å². The van der Waals surface area contributed by atoms with Crippen molar-refractivity contribution in [1.82, 2.24) is 0 Å². The number of rotatable bonds is 9. The van der Waals surface area contributed by atoms with Crippen LogP contribution in [0.5, 0.6) is 0 Å². The van der Waals surface area contributed by atoms with Crippen LogP contribution in [-0.2, 0) is 25.8 Å². The zero-order chi connectivity index (χ0) is 10.9. The van der Waals surface area contributed by atoms with Crippen LogP contribution in [0.25, 0.3) is 0 Å². The van der Waals surface area contributed by atoms with Gasteiger partial charge < -0.3 is 0 Å². The van der Waals surface area contributed by atoms with Crippen LogP contribution in [0.3, 0.4) is 0 Å². The average Bonchev–Trinajstić information content (AvgIpc) is 2.21. The van der Waals surface area contributed by atoms with Crippen LogP contribution in [0.2, 0.25) is 0 Å². The van der Waals surface area contributed by atoms with Gasteiger partial charge in [-0.15, -0.1) is 0 Å². The second kappa shape index (κ2) is 8.98. The van der Waals surface area contributed by atoms with Crippen molar-refractivity contribution in [1.29, 1.82) is 0 Å². The third kappa shape index (κ3) is 7.06. The van der Waals surface area contributed by atoms with Gasteiger partial charge in [0.05, 0.1) is 0 Å². The summed E-state index contributed by atoms with van der Waals surface area (Å²) in [7, 11) is 0. The first kappa shape index (κ1) is 14.7. The Bertz CT molecular complexity index is 165. The van der Waals surface area contributed by atoms with Crippen LogP contribution >= 0.6 is 18.0 Å². The standard InChI is InChI=1S/3C3H5O.HI.Zr/c3*1-2-3-4;;/h3*2H,1,3H2;1H;/q3*-1;;+4/p-1. The molecule has 0 aromatic rings. The van der Waals surface area contributed by atoms with Crippen molar-refractivity contribution in [3.63, 3.8) is 0 Å². The molecule has 0 saturated heterocycles. The summed E-state index contributed by atoms with van der Waals surface area (Å²) < 4.78 is 16.6. The van der Waals surface area contributed by atoms with Crippen molar-refractivity contribution < 1.29 is 25.8 Å². The van der Waals surface area contributed by atoms with Crippen molar-refractivity contribution in [2.45, 2.75) is 0 Å². The first-order valence-corrected chi connectivity index (χ1v) is 14.4. The summed E-state index contributed by atoms with van der Waals surface area (Å²) in [6.07, 6.45) is 5.04. The van der Waals surface area contributed by atoms with Crippen molar-refractivity contribution >= 4 is 18.0 Å². The molecule has 0 saturated carbocycles. The molecule has 0 aliphatic rings. The SMILES string of the molecule is C=CC[O][Zr]([I])([O]CC=C)[O]CC=C. The van der Waals surface area contributed by atoms with Crippen molar-refractivity contribution in [3.8, 4) is 0 Å². The Labute approximate surface area is 101 Å². The Morgan fingerprint density at radius 2 is 1.14 bits per heavy atom. The molecule has 0 aromatic carbocycles. The molecule has 14 heavy (non-hydrogen) atoms. The third-order valence-electron chi connectivity index (χ3n) is 1.12. The number of hydrogen-bond donors (Lipinski definition) is 0. The van der Waals surface area contributed by atoms with Crippen LogP contribution in [-0.4, -0.2) is 19.8 Å². The fraction of sp³-hybridized carbons (Fsp3) is 0.333. The van der Waals surface area contributed by atoms with E-state index in [2.05, 4.69) is 37.8 Å². The molecule has 80 valence electrons. The molecule has 5 heteroatoms. The van der Waals surface area contributed by atoms with E-state index in [1.54, 1.807) is 18.2 Å². The third-order valence-corrected chi connectivity index (χ3v) is 10.4. The molecule has 0 aromatic heterocycles. The summed E-state index contributed by atoms with van der Waals surface area (Å²) in [6, 6.07) is 0. The van der Waals surface area contributed by atoms with E-state index in [-0.39, 0.29) is 0 Å². The van der Waals surface area contributed by atoms with Gasteiger partial charge in [0, 0.05) is 0 Å². The monoisotopic (exact) mass is 388 g/mol. The van der Waals surface area contributed by atoms with Crippen LogP contribution in [0, 0.1) is 0 Å². The minimum atomic E-state index is -3.31. The second-order valence-corrected chi connectivity index (χ2v) is 14.6. The molecule has 0 aliphatic heterocycles. The molecule has 0 radical (unpaired) electrons. The molecule has 0 fully saturated rings. The Balaban J connectivity index is 4.07. The number of hydrogen-bond acceptors (Lipinski definition) is 3. The van der Waals surface area contributed by atoms with E-state index in [0.29, 0.717) is 19.8 Å². The van der Waals surface area contributed by atoms with Crippen LogP contribution in [0.4, 0.5) is 0 Å². The van der Waals surface area contributed by atoms with E-state index in [4.69, 9.17) is 8.44 Å². The normalized spacial score (nSPS) is 10.9. The Morgan fingerprint density at radius 3 is 1.36 bits per heavy atom. The van der Waals surface area contributed by atoms with Crippen molar-refractivity contribution in [3.05, 3.63) is 38.0 Å². The molecule has 0 spiro atoms. The van der Waals surface area contributed by atoms with E-state index < -0.39 is 17.4 Å². The fourth-order valence-corrected chi connectivity index (χ4v) is 6.74. The van der Waals surface area contributed by atoms with Crippen molar-refractivity contribution in [2.75, 3.05) is 19.8 Å². The molecule has 0 aliphatic carbocycles. The van der Waals surface area contributed by atoms with E-state index in [1.165, 1.54) is 0 Å². The van der Waals surface area contributed by atoms with Gasteiger partial charge in [-0.05, 0) is 0 Å². The average molecular weight is 389 g/mol. The number of halogens is 1. The predicted molar refractivity (Wildman–Crippen MR) is 62.5 cm³/mol. The van der Waals surface area contributed by atoms with Crippen LogP contribution in [0.15, 0.2) is 38.0 Å². The quantitative estimate of drug-likeness (QED) is 0.448. The zero-order valence-corrected chi connectivity index (χ0v) is 12.7. The van der Waals surface area contributed by atoms with E-state index in [9.17, 15) is 0 Å². The van der Waals surface area contributed by atoms with Gasteiger partial charge in [0.2, 0.25) is 0 Å². The first-order valence-electron chi connectivity index (χ1n) is 4.12. The van der Waals surface area contributed by atoms with Gasteiger partial charge in [0.15, 0.2) is 0 Å². The first-order chi connectivity index (χ1) is 6.68. The maximum absolute atomic E-state index is 5.52. The molecule has 0 unspecified atom stereocenters. The Kier molecular flexibility index (Phi) is 9.43. The van der Waals surface area contributed by atoms with Gasteiger partial charge >= 0.3 is 102 Å². The van der Waals surface area contributed by atoms with Gasteiger partial charge in [-0.1, -0.05) is 0 Å². The predicted octanol–water partition coefficient (Wildman–Crippen LogP) is 2.84. The van der Waals surface area contributed by atoms with Crippen LogP contribution < -0.4 is 0 Å². The zero-order valence-electron chi connectivity index (χ0n) is 8.08. The summed E-state index contributed by atoms with van der Waals surface area (Å²) in [5.41, 5.74) is 0. The second-order valence-electron chi connectivity index (χ2n) is 2.28. The fourth-order valence-electron chi connectivity index (χ4n) is 0.600. The molecule has 0 atom stereocenters. The summed E-state index contributed by atoms with van der Waals surface area (Å²) in [5.74, 6) is 0. The molecule has 0 N–H and O–H groups in total. The van der Waals surface area contributed by atoms with E-state index >= 15 is 0 Å². The molecule has 3 nitrogen and oxygen atoms in total. The summed E-state index contributed by atoms with van der Waals surface area (Å²) in [6.45, 7) is 12.1. The maximum atomic E-state index is 5.52. The molecular formula is C9H15IO3Zr. The van der Waals surface area contributed by atoms with Crippen molar-refractivity contribution in [2.24, 2.45) is 0 Å². The molecule has 0 amide bonds. The molecular weight excluding hydrogens is 374 g/mol. The van der Waals surface area contributed by atoms with Gasteiger partial charge in [0.1, 0.15) is 0 Å². The molecule has 0 bridgehead atoms. The Hall–Kier alpha value is 0.713. The van der Waals surface area contributed by atoms with Gasteiger partial charge in [-0.2, -0.15) is 0 Å². The topological polar surface area (TPSA) is 27.7 Å². The van der Waals surface area contributed by atoms with Gasteiger partial charge in [-0.25, -0.2) is 0 Å². The van der Waals surface area contributed by atoms with E-state index in [0.717, 1.165) is 0 Å². The van der Waals surface area contributed by atoms with E-state index in [1.807, 2.05) is 0 Å². The Morgan fingerprint density at radius 1 is 0.857 bits per heavy atom. The minimum absolute atomic E-state index is 0.452. The summed E-state index contributed by atoms with van der Waals surface area (Å²) in [5, 5.41) is 0. The molecule has 0 rings (SSSR count). The summed E-state index contributed by atoms with van der Waals surface area (Å²) >= 11 is -1.16. The molecule has 0 heterocycles. The van der Waals surface area contributed by atoms with Gasteiger partial charge in [0.25, 0.3) is 0 Å². The van der Waals surface area contributed by atoms with Gasteiger partial charge in [-0.3, -0.25) is 0 Å². The summed E-state index contributed by atoms with van der Waals surface area (Å²) in [4.78, 5) is 0.